The van der Waals surface area contributed by atoms with Crippen molar-refractivity contribution in [3.05, 3.63) is 18.3 Å². The lowest BCUT2D eigenvalue weighted by Gasteiger charge is -2.15. The summed E-state index contributed by atoms with van der Waals surface area (Å²) >= 11 is 0. The van der Waals surface area contributed by atoms with Crippen LogP contribution >= 0.6 is 0 Å². The van der Waals surface area contributed by atoms with E-state index < -0.39 is 11.4 Å². The highest BCUT2D eigenvalue weighted by Crippen LogP contribution is 2.24. The molecule has 0 atom stereocenters. The van der Waals surface area contributed by atoms with Crippen LogP contribution in [0, 0.1) is 5.41 Å². The molecule has 0 bridgehead atoms. The molecule has 76 valence electrons. The minimum atomic E-state index is -0.607. The summed E-state index contributed by atoms with van der Waals surface area (Å²) in [6, 6.07) is 2.97. The normalized spacial score (nSPS) is 11.1. The molecule has 0 aromatic carbocycles. The highest BCUT2D eigenvalue weighted by Gasteiger charge is 2.24. The maximum absolute atomic E-state index is 11.4. The molecule has 0 amide bonds. The van der Waals surface area contributed by atoms with Crippen molar-refractivity contribution in [3.63, 3.8) is 0 Å². The fourth-order valence-electron chi connectivity index (χ4n) is 0.702. The first-order valence-corrected chi connectivity index (χ1v) is 4.27. The van der Waals surface area contributed by atoms with Crippen molar-refractivity contribution >= 4 is 5.97 Å². The molecule has 1 N–H and O–H groups in total. The van der Waals surface area contributed by atoms with Crippen molar-refractivity contribution in [2.24, 2.45) is 5.41 Å². The highest BCUT2D eigenvalue weighted by molar-refractivity contribution is 5.77. The summed E-state index contributed by atoms with van der Waals surface area (Å²) in [5.41, 5.74) is -0.607. The van der Waals surface area contributed by atoms with Crippen molar-refractivity contribution in [1.82, 2.24) is 4.98 Å². The maximum Gasteiger partial charge on any atom is 0.318 e. The Balaban J connectivity index is 2.80. The fraction of sp³-hybridized carbons (Fsp3) is 0.400. The van der Waals surface area contributed by atoms with Gasteiger partial charge in [-0.15, -0.1) is 0 Å². The third kappa shape index (κ3) is 2.45. The molecule has 0 aliphatic carbocycles. The first-order chi connectivity index (χ1) is 6.41. The van der Waals surface area contributed by atoms with Gasteiger partial charge in [0.25, 0.3) is 5.88 Å². The number of hydrogen-bond donors (Lipinski definition) is 1. The van der Waals surface area contributed by atoms with Gasteiger partial charge in [-0.05, 0) is 32.9 Å². The van der Waals surface area contributed by atoms with Gasteiger partial charge in [0.05, 0.1) is 5.41 Å². The second-order valence-electron chi connectivity index (χ2n) is 3.97. The van der Waals surface area contributed by atoms with Crippen LogP contribution in [0.15, 0.2) is 18.3 Å². The van der Waals surface area contributed by atoms with E-state index in [0.29, 0.717) is 0 Å². The zero-order valence-electron chi connectivity index (χ0n) is 8.44. The number of aromatic nitrogens is 1. The Morgan fingerprint density at radius 2 is 2.14 bits per heavy atom. The van der Waals surface area contributed by atoms with Gasteiger partial charge >= 0.3 is 5.97 Å². The van der Waals surface area contributed by atoms with Crippen molar-refractivity contribution < 1.29 is 14.6 Å². The van der Waals surface area contributed by atoms with Crippen LogP contribution in [0.4, 0.5) is 0 Å². The number of aromatic hydroxyl groups is 1. The Kier molecular flexibility index (Phi) is 2.74. The average Bonchev–Trinajstić information content (AvgIpc) is 2.07. The SMILES string of the molecule is CC(C)(C)C(=O)Oc1ncccc1O. The Bertz CT molecular complexity index is 341. The van der Waals surface area contributed by atoms with Crippen LogP contribution in [0.5, 0.6) is 11.6 Å². The summed E-state index contributed by atoms with van der Waals surface area (Å²) in [7, 11) is 0. The minimum absolute atomic E-state index is 0.0487. The van der Waals surface area contributed by atoms with Gasteiger partial charge in [0.2, 0.25) is 0 Å². The Labute approximate surface area is 82.5 Å². The number of nitrogens with zero attached hydrogens (tertiary/aromatic N) is 1. The zero-order chi connectivity index (χ0) is 10.8. The molecule has 1 aromatic rings. The smallest absolute Gasteiger partial charge is 0.318 e. The predicted octanol–water partition coefficient (Wildman–Crippen LogP) is 1.74. The van der Waals surface area contributed by atoms with Crippen LogP contribution in [-0.2, 0) is 4.79 Å². The van der Waals surface area contributed by atoms with E-state index in [1.165, 1.54) is 12.3 Å². The van der Waals surface area contributed by atoms with Gasteiger partial charge in [-0.2, -0.15) is 0 Å². The van der Waals surface area contributed by atoms with Gasteiger partial charge in [0.1, 0.15) is 0 Å². The number of carbonyl (C=O) groups excluding carboxylic acids is 1. The van der Waals surface area contributed by atoms with Gasteiger partial charge in [0.15, 0.2) is 5.75 Å². The molecule has 4 nitrogen and oxygen atoms in total. The number of ether oxygens (including phenoxy) is 1. The molecule has 0 saturated heterocycles. The van der Waals surface area contributed by atoms with Crippen molar-refractivity contribution in [2.75, 3.05) is 0 Å². The third-order valence-electron chi connectivity index (χ3n) is 1.55. The van der Waals surface area contributed by atoms with Gasteiger partial charge in [-0.1, -0.05) is 0 Å². The van der Waals surface area contributed by atoms with E-state index in [1.54, 1.807) is 26.8 Å². The molecule has 0 spiro atoms. The third-order valence-corrected chi connectivity index (χ3v) is 1.55. The number of pyridine rings is 1. The second kappa shape index (κ2) is 3.65. The summed E-state index contributed by atoms with van der Waals surface area (Å²) in [6.07, 6.45) is 1.45. The van der Waals surface area contributed by atoms with E-state index in [-0.39, 0.29) is 11.6 Å². The first-order valence-electron chi connectivity index (χ1n) is 4.27. The average molecular weight is 195 g/mol. The second-order valence-corrected chi connectivity index (χ2v) is 3.97. The summed E-state index contributed by atoms with van der Waals surface area (Å²) in [6.45, 7) is 5.19. The lowest BCUT2D eigenvalue weighted by atomic mass is 9.97. The Hall–Kier alpha value is -1.58. The van der Waals surface area contributed by atoms with E-state index in [9.17, 15) is 9.90 Å². The molecule has 0 fully saturated rings. The van der Waals surface area contributed by atoms with Gasteiger partial charge in [-0.25, -0.2) is 4.98 Å². The van der Waals surface area contributed by atoms with E-state index >= 15 is 0 Å². The van der Waals surface area contributed by atoms with Crippen LogP contribution in [-0.4, -0.2) is 16.1 Å². The van der Waals surface area contributed by atoms with Crippen molar-refractivity contribution in [2.45, 2.75) is 20.8 Å². The Morgan fingerprint density at radius 3 is 2.64 bits per heavy atom. The summed E-state index contributed by atoms with van der Waals surface area (Å²) in [4.78, 5) is 15.2. The number of rotatable bonds is 1. The number of carbonyl (C=O) groups is 1. The molecule has 4 heteroatoms. The molecule has 0 aliphatic heterocycles. The lowest BCUT2D eigenvalue weighted by Crippen LogP contribution is -2.25. The van der Waals surface area contributed by atoms with E-state index in [1.807, 2.05) is 0 Å². The molecule has 0 radical (unpaired) electrons. The minimum Gasteiger partial charge on any atom is -0.503 e. The van der Waals surface area contributed by atoms with Crippen LogP contribution in [0.3, 0.4) is 0 Å². The predicted molar refractivity (Wildman–Crippen MR) is 51.0 cm³/mol. The maximum atomic E-state index is 11.4. The van der Waals surface area contributed by atoms with Crippen LogP contribution in [0.2, 0.25) is 0 Å². The molecule has 1 rings (SSSR count). The van der Waals surface area contributed by atoms with Gasteiger partial charge in [-0.3, -0.25) is 4.79 Å². The van der Waals surface area contributed by atoms with E-state index in [4.69, 9.17) is 4.74 Å². The monoisotopic (exact) mass is 195 g/mol. The molecular formula is C10H13NO3. The highest BCUT2D eigenvalue weighted by atomic mass is 16.5. The molecule has 1 aromatic heterocycles. The largest absolute Gasteiger partial charge is 0.503 e. The number of hydrogen-bond acceptors (Lipinski definition) is 4. The van der Waals surface area contributed by atoms with Crippen LogP contribution in [0.1, 0.15) is 20.8 Å². The fourth-order valence-corrected chi connectivity index (χ4v) is 0.702. The molecule has 0 saturated carbocycles. The molecule has 1 heterocycles. The number of esters is 1. The topological polar surface area (TPSA) is 59.4 Å². The zero-order valence-corrected chi connectivity index (χ0v) is 8.44. The summed E-state index contributed by atoms with van der Waals surface area (Å²) < 4.78 is 4.91. The first kappa shape index (κ1) is 10.5. The van der Waals surface area contributed by atoms with Crippen LogP contribution in [0.25, 0.3) is 0 Å². The van der Waals surface area contributed by atoms with E-state index in [2.05, 4.69) is 4.98 Å². The molecule has 0 unspecified atom stereocenters. The standard InChI is InChI=1S/C10H13NO3/c1-10(2,3)9(13)14-8-7(12)5-4-6-11-8/h4-6,12H,1-3H3. The summed E-state index contributed by atoms with van der Waals surface area (Å²) in [5.74, 6) is -0.607. The van der Waals surface area contributed by atoms with Gasteiger partial charge in [0, 0.05) is 6.20 Å². The summed E-state index contributed by atoms with van der Waals surface area (Å²) in [5, 5.41) is 9.29. The Morgan fingerprint density at radius 1 is 1.50 bits per heavy atom. The quantitative estimate of drug-likeness (QED) is 0.693. The van der Waals surface area contributed by atoms with Crippen molar-refractivity contribution in [3.8, 4) is 11.6 Å². The van der Waals surface area contributed by atoms with E-state index in [0.717, 1.165) is 0 Å². The molecule has 0 aliphatic rings. The van der Waals surface area contributed by atoms with Crippen molar-refractivity contribution in [1.29, 1.82) is 0 Å². The van der Waals surface area contributed by atoms with Gasteiger partial charge < -0.3 is 9.84 Å². The molecule has 14 heavy (non-hydrogen) atoms. The van der Waals surface area contributed by atoms with Crippen LogP contribution < -0.4 is 4.74 Å². The lowest BCUT2D eigenvalue weighted by molar-refractivity contribution is -0.143. The molecular weight excluding hydrogens is 182 g/mol.